The van der Waals surface area contributed by atoms with E-state index in [1.807, 2.05) is 0 Å². The summed E-state index contributed by atoms with van der Waals surface area (Å²) >= 11 is 0. The summed E-state index contributed by atoms with van der Waals surface area (Å²) in [6.07, 6.45) is -1.64. The van der Waals surface area contributed by atoms with Crippen LogP contribution < -0.4 is 59.6 Å². The number of benzene rings is 3. The zero-order valence-electron chi connectivity index (χ0n) is 60.3. The molecular formula is C75H75F9N18O12. The van der Waals surface area contributed by atoms with E-state index in [9.17, 15) is 69.2 Å². The zero-order chi connectivity index (χ0) is 80.6. The maximum Gasteiger partial charge on any atom is 0.416 e. The molecule has 6 bridgehead atoms. The fourth-order valence-electron chi connectivity index (χ4n) is 13.6. The van der Waals surface area contributed by atoms with E-state index in [0.717, 1.165) is 94.6 Å². The van der Waals surface area contributed by atoms with Crippen molar-refractivity contribution in [2.75, 3.05) is 124 Å². The number of urea groups is 3. The van der Waals surface area contributed by atoms with E-state index < -0.39 is 91.4 Å². The number of aliphatic hydroxyl groups is 6. The molecule has 6 aliphatic heterocycles. The predicted octanol–water partition coefficient (Wildman–Crippen LogP) is 9.93. The molecule has 0 radical (unpaired) electrons. The largest absolute Gasteiger partial charge is 0.491 e. The quantitative estimate of drug-likeness (QED) is 0.0361. The Morgan fingerprint density at radius 3 is 1.25 bits per heavy atom. The summed E-state index contributed by atoms with van der Waals surface area (Å²) in [4.78, 5) is 90.3. The second-order valence-electron chi connectivity index (χ2n) is 27.2. The summed E-state index contributed by atoms with van der Waals surface area (Å²) in [5.41, 5.74) is 0.732. The number of anilines is 9. The highest BCUT2D eigenvalue weighted by Crippen LogP contribution is 2.44. The average molecular weight is 1590 g/mol. The van der Waals surface area contributed by atoms with Gasteiger partial charge in [-0.1, -0.05) is 36.4 Å². The smallest absolute Gasteiger partial charge is 0.416 e. The van der Waals surface area contributed by atoms with Crippen LogP contribution in [-0.4, -0.2) is 209 Å². The third kappa shape index (κ3) is 18.9. The predicted molar refractivity (Wildman–Crippen MR) is 396 cm³/mol. The number of nitrogens with one attached hydrogen (secondary N) is 3. The number of fused-ring (bicyclic) bond motifs is 12. The minimum Gasteiger partial charge on any atom is -0.491 e. The number of aromatic nitrogens is 9. The number of hydrogen-bond donors (Lipinski definition) is 9. The normalized spacial score (nSPS) is 17.6. The highest BCUT2D eigenvalue weighted by atomic mass is 19.4. The standard InChI is InChI=1S/3C25H25F3N6O4/c26-25(27,28)16-4-1-3-15(9-16)22-30-11-20-23(32-22)34(18-5-2-8-33(20)12-18)24(37)31-17-6-7-21(29-10-17)38-14-19(36)13-35;26-25(27,28)16-4-1-3-15(9-16)22-30-11-20-23(32-22)34(17-5-2-8-33(20)12-17)24(37)31-21-10-19(6-7-29-21)38-14-18(36)13-35;26-25(27,28)16-4-1-3-15(7-16)22-30-11-21-23(32-22)34(18-5-2-6-33(21)12-18)24(37)31-17-8-20(10-29-9-17)38-14-19(36)13-35/h1,3-4,6-7,9-11,18-19,35-36H,2,5,8,12-14H2,(H,31,37);1,3-4,6-7,9-11,17-18,35-36H,2,5,8,12-14H2,(H,29,31,37);1,3-4,7-11,18-19,35-36H,2,5-6,12-14H2,(H,31,37)/t18-,19+;17-,18+;18-,19+/m000/s1. The summed E-state index contributed by atoms with van der Waals surface area (Å²) in [5.74, 6) is 2.20. The van der Waals surface area contributed by atoms with Gasteiger partial charge in [-0.15, -0.1) is 0 Å². The van der Waals surface area contributed by atoms with Crippen LogP contribution in [0.3, 0.4) is 0 Å². The number of carbonyl (C=O) groups excluding carboxylic acids is 3. The SMILES string of the molecule is O=C(Nc1cc(OC[C@H](O)CO)ccn1)N1c2nc(-c3cccc(C(F)(F)F)c3)ncc2N2CCC[C@H]1C2.O=C(Nc1ccc(OC[C@H](O)CO)nc1)N1c2nc(-c3cccc(C(F)(F)F)c3)ncc2N2CCC[C@H]1C2.O=C(Nc1cncc(OC[C@H](O)CO)c1)N1c2nc(-c3cccc(C(F)(F)F)c3)ncc2N2CCC[C@H]1C2. The van der Waals surface area contributed by atoms with Gasteiger partial charge in [-0.05, 0) is 87.1 Å². The highest BCUT2D eigenvalue weighted by Gasteiger charge is 2.43. The van der Waals surface area contributed by atoms with Gasteiger partial charge in [0.15, 0.2) is 34.9 Å². The van der Waals surface area contributed by atoms with Crippen molar-refractivity contribution in [1.29, 1.82) is 0 Å². The van der Waals surface area contributed by atoms with E-state index in [0.29, 0.717) is 71.3 Å². The molecule has 30 nitrogen and oxygen atoms in total. The summed E-state index contributed by atoms with van der Waals surface area (Å²) in [6.45, 7) is 2.24. The number of aliphatic hydroxyl groups excluding tert-OH is 6. The molecule has 39 heteroatoms. The van der Waals surface area contributed by atoms with Crippen molar-refractivity contribution in [3.8, 4) is 51.5 Å². The van der Waals surface area contributed by atoms with E-state index >= 15 is 0 Å². The first kappa shape index (κ1) is 80.2. The van der Waals surface area contributed by atoms with E-state index in [-0.39, 0.29) is 89.6 Å². The van der Waals surface area contributed by atoms with Crippen molar-refractivity contribution in [3.63, 3.8) is 0 Å². The average Bonchev–Trinajstić information content (AvgIpc) is 0.762. The number of hydrogen-bond acceptors (Lipinski definition) is 24. The van der Waals surface area contributed by atoms with E-state index in [2.05, 4.69) is 75.5 Å². The number of carbonyl (C=O) groups is 3. The number of alkyl halides is 9. The van der Waals surface area contributed by atoms with Gasteiger partial charge in [-0.2, -0.15) is 39.5 Å². The molecule has 0 spiro atoms. The van der Waals surface area contributed by atoms with Crippen LogP contribution in [0.1, 0.15) is 55.2 Å². The van der Waals surface area contributed by atoms with Crippen LogP contribution >= 0.6 is 0 Å². The number of pyridine rings is 3. The molecule has 114 heavy (non-hydrogen) atoms. The van der Waals surface area contributed by atoms with Crippen LogP contribution in [0.15, 0.2) is 147 Å². The molecule has 15 rings (SSSR count). The van der Waals surface area contributed by atoms with Crippen molar-refractivity contribution >= 4 is 69.8 Å². The Labute approximate surface area is 643 Å². The molecule has 0 aliphatic carbocycles. The number of piperidine rings is 3. The number of ether oxygens (including phenoxy) is 3. The van der Waals surface area contributed by atoms with Gasteiger partial charge in [0.25, 0.3) is 0 Å². The first-order valence-electron chi connectivity index (χ1n) is 36.0. The number of halogens is 9. The summed E-state index contributed by atoms with van der Waals surface area (Å²) in [5, 5.41) is 63.5. The molecule has 6 aliphatic rings. The van der Waals surface area contributed by atoms with Crippen molar-refractivity contribution in [3.05, 3.63) is 163 Å². The molecule has 12 heterocycles. The lowest BCUT2D eigenvalue weighted by molar-refractivity contribution is -0.138. The maximum absolute atomic E-state index is 13.5. The minimum absolute atomic E-state index is 0.0739. The fourth-order valence-corrected chi connectivity index (χ4v) is 13.6. The van der Waals surface area contributed by atoms with Gasteiger partial charge in [0.1, 0.15) is 55.4 Å². The first-order chi connectivity index (χ1) is 54.7. The lowest BCUT2D eigenvalue weighted by atomic mass is 10.0. The first-order valence-corrected chi connectivity index (χ1v) is 36.0. The van der Waals surface area contributed by atoms with Gasteiger partial charge < -0.3 is 70.2 Å². The van der Waals surface area contributed by atoms with Gasteiger partial charge in [0, 0.05) is 80.4 Å². The summed E-state index contributed by atoms with van der Waals surface area (Å²) < 4.78 is 136. The van der Waals surface area contributed by atoms with Crippen LogP contribution in [0.2, 0.25) is 0 Å². The third-order valence-electron chi connectivity index (χ3n) is 19.1. The number of nitrogens with zero attached hydrogens (tertiary/aromatic N) is 15. The molecule has 3 saturated heterocycles. The topological polar surface area (TPSA) is 372 Å². The van der Waals surface area contributed by atoms with Gasteiger partial charge in [-0.3, -0.25) is 25.0 Å². The molecule has 3 fully saturated rings. The van der Waals surface area contributed by atoms with Crippen LogP contribution in [0.25, 0.3) is 34.2 Å². The summed E-state index contributed by atoms with van der Waals surface area (Å²) in [7, 11) is 0. The highest BCUT2D eigenvalue weighted by molar-refractivity contribution is 6.06. The Bertz CT molecular complexity index is 4710. The Kier molecular flexibility index (Phi) is 24.3. The van der Waals surface area contributed by atoms with Crippen molar-refractivity contribution in [2.45, 2.75) is 93.5 Å². The second-order valence-corrected chi connectivity index (χ2v) is 27.2. The third-order valence-corrected chi connectivity index (χ3v) is 19.1. The van der Waals surface area contributed by atoms with Crippen molar-refractivity contribution in [1.82, 2.24) is 44.9 Å². The second kappa shape index (κ2) is 34.6. The van der Waals surface area contributed by atoms with E-state index in [4.69, 9.17) is 29.5 Å². The monoisotopic (exact) mass is 1590 g/mol. The van der Waals surface area contributed by atoms with Crippen molar-refractivity contribution < 1.29 is 98.7 Å². The van der Waals surface area contributed by atoms with Crippen molar-refractivity contribution in [2.24, 2.45) is 0 Å². The Hall–Kier alpha value is -11.9. The Morgan fingerprint density at radius 2 is 0.842 bits per heavy atom. The van der Waals surface area contributed by atoms with Crippen LogP contribution in [-0.2, 0) is 18.5 Å². The molecule has 9 aromatic rings. The Morgan fingerprint density at radius 1 is 0.439 bits per heavy atom. The van der Waals surface area contributed by atoms with Crippen LogP contribution in [0, 0.1) is 0 Å². The molecule has 0 saturated carbocycles. The summed E-state index contributed by atoms with van der Waals surface area (Å²) in [6, 6.07) is 19.9. The van der Waals surface area contributed by atoms with E-state index in [1.54, 1.807) is 30.7 Å². The molecule has 3 aromatic carbocycles. The maximum atomic E-state index is 13.5. The molecule has 0 unspecified atom stereocenters. The van der Waals surface area contributed by atoms with Crippen LogP contribution in [0.5, 0.6) is 17.4 Å². The lowest BCUT2D eigenvalue weighted by Gasteiger charge is -2.45. The molecule has 6 amide bonds. The molecule has 600 valence electrons. The van der Waals surface area contributed by atoms with Gasteiger partial charge in [-0.25, -0.2) is 54.3 Å². The molecule has 9 N–H and O–H groups in total. The Balaban J connectivity index is 0.000000149. The van der Waals surface area contributed by atoms with Crippen LogP contribution in [0.4, 0.5) is 106 Å². The van der Waals surface area contributed by atoms with E-state index in [1.165, 1.54) is 94.1 Å². The number of amides is 6. The van der Waals surface area contributed by atoms with Gasteiger partial charge in [0.2, 0.25) is 5.88 Å². The molecular weight excluding hydrogens is 1520 g/mol. The minimum atomic E-state index is -4.51. The number of rotatable bonds is 18. The zero-order valence-corrected chi connectivity index (χ0v) is 60.3. The fraction of sp³-hybridized carbons (Fsp3) is 0.360. The van der Waals surface area contributed by atoms with Gasteiger partial charge >= 0.3 is 36.6 Å². The molecule has 6 aromatic heterocycles. The lowest BCUT2D eigenvalue weighted by Crippen LogP contribution is -2.56. The van der Waals surface area contributed by atoms with Gasteiger partial charge in [0.05, 0.1) is 120 Å². The molecule has 6 atom stereocenters.